The third-order valence-electron chi connectivity index (χ3n) is 2.52. The Bertz CT molecular complexity index is 563. The van der Waals surface area contributed by atoms with Gasteiger partial charge in [-0.3, -0.25) is 5.10 Å². The highest BCUT2D eigenvalue weighted by atomic mass is 19.1. The Morgan fingerprint density at radius 2 is 2.24 bits per heavy atom. The molecule has 2 aromatic rings. The van der Waals surface area contributed by atoms with Crippen molar-refractivity contribution in [2.45, 2.75) is 13.3 Å². The molecule has 0 amide bonds. The molecule has 17 heavy (non-hydrogen) atoms. The molecule has 0 saturated carbocycles. The summed E-state index contributed by atoms with van der Waals surface area (Å²) in [6, 6.07) is 6.06. The van der Waals surface area contributed by atoms with Crippen LogP contribution in [0.3, 0.4) is 0 Å². The van der Waals surface area contributed by atoms with Gasteiger partial charge in [-0.2, -0.15) is 5.10 Å². The molecule has 2 rings (SSSR count). The van der Waals surface area contributed by atoms with Gasteiger partial charge in [0.25, 0.3) is 0 Å². The van der Waals surface area contributed by atoms with E-state index in [-0.39, 0.29) is 5.69 Å². The molecule has 0 aliphatic rings. The van der Waals surface area contributed by atoms with Crippen molar-refractivity contribution in [3.63, 3.8) is 0 Å². The van der Waals surface area contributed by atoms with Crippen LogP contribution in [0.2, 0.25) is 0 Å². The number of carboxylic acid groups (broad SMARTS) is 1. The molecular weight excluding hydrogens is 223 g/mol. The Morgan fingerprint density at radius 1 is 1.47 bits per heavy atom. The molecule has 0 saturated heterocycles. The molecule has 4 nitrogen and oxygen atoms in total. The maximum Gasteiger partial charge on any atom is 0.353 e. The Labute approximate surface area is 97.1 Å². The number of hydrogen-bond acceptors (Lipinski definition) is 2. The minimum Gasteiger partial charge on any atom is -0.477 e. The maximum absolute atomic E-state index is 13.6. The van der Waals surface area contributed by atoms with Gasteiger partial charge in [0.05, 0.1) is 5.69 Å². The van der Waals surface area contributed by atoms with Crippen molar-refractivity contribution in [2.24, 2.45) is 0 Å². The second-order valence-electron chi connectivity index (χ2n) is 3.64. The summed E-state index contributed by atoms with van der Waals surface area (Å²) in [5.74, 6) is -1.53. The van der Waals surface area contributed by atoms with E-state index >= 15 is 0 Å². The predicted octanol–water partition coefficient (Wildman–Crippen LogP) is 2.48. The molecule has 2 N–H and O–H groups in total. The first kappa shape index (κ1) is 11.3. The van der Waals surface area contributed by atoms with Gasteiger partial charge in [-0.05, 0) is 30.2 Å². The standard InChI is InChI=1S/C12H11FN2O2/c1-2-7-3-4-9(13)8(5-7)10-6-11(12(16)17)15-14-10/h3-6H,2H2,1H3,(H,14,15)(H,16,17). The van der Waals surface area contributed by atoms with Crippen molar-refractivity contribution in [1.29, 1.82) is 0 Å². The Kier molecular flexibility index (Phi) is 2.91. The van der Waals surface area contributed by atoms with Crippen LogP contribution in [0, 0.1) is 5.82 Å². The van der Waals surface area contributed by atoms with Crippen molar-refractivity contribution in [1.82, 2.24) is 10.2 Å². The van der Waals surface area contributed by atoms with Gasteiger partial charge in [-0.25, -0.2) is 9.18 Å². The summed E-state index contributed by atoms with van der Waals surface area (Å²) in [4.78, 5) is 10.7. The Morgan fingerprint density at radius 3 is 2.82 bits per heavy atom. The topological polar surface area (TPSA) is 66.0 Å². The smallest absolute Gasteiger partial charge is 0.353 e. The molecule has 0 fully saturated rings. The molecule has 0 unspecified atom stereocenters. The van der Waals surface area contributed by atoms with Gasteiger partial charge in [0.1, 0.15) is 11.5 Å². The number of rotatable bonds is 3. The average molecular weight is 234 g/mol. The lowest BCUT2D eigenvalue weighted by Gasteiger charge is -2.02. The van der Waals surface area contributed by atoms with Crippen LogP contribution in [0.5, 0.6) is 0 Å². The van der Waals surface area contributed by atoms with E-state index in [0.29, 0.717) is 11.3 Å². The van der Waals surface area contributed by atoms with Crippen molar-refractivity contribution in [2.75, 3.05) is 0 Å². The van der Waals surface area contributed by atoms with Crippen molar-refractivity contribution < 1.29 is 14.3 Å². The molecule has 5 heteroatoms. The van der Waals surface area contributed by atoms with Crippen LogP contribution < -0.4 is 0 Å². The fraction of sp³-hybridized carbons (Fsp3) is 0.167. The minimum atomic E-state index is -1.11. The predicted molar refractivity (Wildman–Crippen MR) is 60.3 cm³/mol. The van der Waals surface area contributed by atoms with Gasteiger partial charge < -0.3 is 5.11 Å². The van der Waals surface area contributed by atoms with Crippen molar-refractivity contribution in [3.8, 4) is 11.3 Å². The van der Waals surface area contributed by atoms with E-state index in [9.17, 15) is 9.18 Å². The quantitative estimate of drug-likeness (QED) is 0.857. The third-order valence-corrected chi connectivity index (χ3v) is 2.52. The van der Waals surface area contributed by atoms with Crippen LogP contribution in [-0.2, 0) is 6.42 Å². The van der Waals surface area contributed by atoms with E-state index in [1.54, 1.807) is 12.1 Å². The molecule has 88 valence electrons. The molecule has 0 bridgehead atoms. The highest BCUT2D eigenvalue weighted by Crippen LogP contribution is 2.23. The zero-order valence-electron chi connectivity index (χ0n) is 9.20. The summed E-state index contributed by atoms with van der Waals surface area (Å²) in [6.07, 6.45) is 0.781. The first-order valence-electron chi connectivity index (χ1n) is 5.19. The summed E-state index contributed by atoms with van der Waals surface area (Å²) in [5, 5.41) is 14.9. The normalized spacial score (nSPS) is 10.5. The second-order valence-corrected chi connectivity index (χ2v) is 3.64. The van der Waals surface area contributed by atoms with E-state index < -0.39 is 11.8 Å². The first-order valence-corrected chi connectivity index (χ1v) is 5.19. The van der Waals surface area contributed by atoms with Crippen LogP contribution in [0.4, 0.5) is 4.39 Å². The molecule has 0 aliphatic heterocycles. The van der Waals surface area contributed by atoms with Gasteiger partial charge >= 0.3 is 5.97 Å². The summed E-state index contributed by atoms with van der Waals surface area (Å²) < 4.78 is 13.6. The monoisotopic (exact) mass is 234 g/mol. The molecule has 0 radical (unpaired) electrons. The lowest BCUT2D eigenvalue weighted by Crippen LogP contribution is -1.95. The van der Waals surface area contributed by atoms with Crippen molar-refractivity contribution >= 4 is 5.97 Å². The van der Waals surface area contributed by atoms with Gasteiger partial charge in [0.15, 0.2) is 0 Å². The number of aromatic nitrogens is 2. The number of H-pyrrole nitrogens is 1. The van der Waals surface area contributed by atoms with E-state index in [1.165, 1.54) is 12.1 Å². The lowest BCUT2D eigenvalue weighted by molar-refractivity contribution is 0.0690. The van der Waals surface area contributed by atoms with E-state index in [0.717, 1.165) is 12.0 Å². The summed E-state index contributed by atoms with van der Waals surface area (Å²) in [7, 11) is 0. The van der Waals surface area contributed by atoms with Crippen molar-refractivity contribution in [3.05, 3.63) is 41.3 Å². The molecule has 0 atom stereocenters. The van der Waals surface area contributed by atoms with Crippen LogP contribution in [0.25, 0.3) is 11.3 Å². The number of nitrogens with one attached hydrogen (secondary N) is 1. The first-order chi connectivity index (χ1) is 8.11. The Hall–Kier alpha value is -2.17. The second kappa shape index (κ2) is 4.37. The van der Waals surface area contributed by atoms with Gasteiger partial charge in [0, 0.05) is 5.56 Å². The van der Waals surface area contributed by atoms with E-state index in [4.69, 9.17) is 5.11 Å². The van der Waals surface area contributed by atoms with Crippen LogP contribution in [0.1, 0.15) is 23.0 Å². The third kappa shape index (κ3) is 2.18. The number of benzene rings is 1. The van der Waals surface area contributed by atoms with E-state index in [2.05, 4.69) is 10.2 Å². The highest BCUT2D eigenvalue weighted by Gasteiger charge is 2.12. The summed E-state index contributed by atoms with van der Waals surface area (Å²) in [5.41, 5.74) is 1.53. The van der Waals surface area contributed by atoms with Gasteiger partial charge in [0.2, 0.25) is 0 Å². The zero-order valence-corrected chi connectivity index (χ0v) is 9.20. The Balaban J connectivity index is 2.47. The molecule has 1 aromatic carbocycles. The number of halogens is 1. The molecule has 0 aliphatic carbocycles. The average Bonchev–Trinajstić information content (AvgIpc) is 2.79. The van der Waals surface area contributed by atoms with Gasteiger partial charge in [-0.1, -0.05) is 13.0 Å². The van der Waals surface area contributed by atoms with Crippen LogP contribution in [0.15, 0.2) is 24.3 Å². The van der Waals surface area contributed by atoms with Gasteiger partial charge in [-0.15, -0.1) is 0 Å². The minimum absolute atomic E-state index is 0.0544. The number of carboxylic acids is 1. The lowest BCUT2D eigenvalue weighted by atomic mass is 10.1. The number of hydrogen-bond donors (Lipinski definition) is 2. The summed E-state index contributed by atoms with van der Waals surface area (Å²) >= 11 is 0. The largest absolute Gasteiger partial charge is 0.477 e. The number of aromatic carboxylic acids is 1. The fourth-order valence-electron chi connectivity index (χ4n) is 1.56. The highest BCUT2D eigenvalue weighted by molar-refractivity contribution is 5.86. The van der Waals surface area contributed by atoms with Crippen LogP contribution >= 0.6 is 0 Å². The fourth-order valence-corrected chi connectivity index (χ4v) is 1.56. The SMILES string of the molecule is CCc1ccc(F)c(-c2cc(C(=O)O)[nH]n2)c1. The maximum atomic E-state index is 13.6. The summed E-state index contributed by atoms with van der Waals surface area (Å²) in [6.45, 7) is 1.96. The molecule has 0 spiro atoms. The number of aromatic amines is 1. The number of nitrogens with zero attached hydrogens (tertiary/aromatic N) is 1. The molecule has 1 aromatic heterocycles. The number of aryl methyl sites for hydroxylation is 1. The van der Waals surface area contributed by atoms with E-state index in [1.807, 2.05) is 6.92 Å². The molecule has 1 heterocycles. The zero-order chi connectivity index (χ0) is 12.4. The van der Waals surface area contributed by atoms with Crippen LogP contribution in [-0.4, -0.2) is 21.3 Å². The number of carbonyl (C=O) groups is 1. The molecular formula is C12H11FN2O2.